The zero-order chi connectivity index (χ0) is 41.0. The maximum absolute atomic E-state index is 5.35. The fourth-order valence-electron chi connectivity index (χ4n) is 9.11. The van der Waals surface area contributed by atoms with Gasteiger partial charge >= 0.3 is 0 Å². The van der Waals surface area contributed by atoms with E-state index in [2.05, 4.69) is 234 Å². The Bertz CT molecular complexity index is 3450. The van der Waals surface area contributed by atoms with Crippen LogP contribution in [-0.2, 0) is 0 Å². The van der Waals surface area contributed by atoms with Gasteiger partial charge in [0.05, 0.1) is 22.1 Å². The molecular weight excluding hydrogens is 755 g/mol. The summed E-state index contributed by atoms with van der Waals surface area (Å²) >= 11 is 0. The topological polar surface area (TPSA) is 48.5 Å². The van der Waals surface area contributed by atoms with Crippen molar-refractivity contribution in [2.75, 3.05) is 0 Å². The van der Waals surface area contributed by atoms with Crippen molar-refractivity contribution in [1.29, 1.82) is 0 Å². The van der Waals surface area contributed by atoms with Gasteiger partial charge in [0.25, 0.3) is 0 Å². The molecule has 0 aliphatic heterocycles. The molecule has 12 rings (SSSR count). The molecule has 62 heavy (non-hydrogen) atoms. The van der Waals surface area contributed by atoms with Crippen LogP contribution in [0.5, 0.6) is 0 Å². The van der Waals surface area contributed by atoms with Crippen LogP contribution in [0.4, 0.5) is 0 Å². The van der Waals surface area contributed by atoms with Crippen LogP contribution in [0.25, 0.3) is 111 Å². The van der Waals surface area contributed by atoms with Crippen molar-refractivity contribution in [2.45, 2.75) is 0 Å². The zero-order valence-corrected chi connectivity index (χ0v) is 33.6. The van der Waals surface area contributed by atoms with Crippen LogP contribution in [0.1, 0.15) is 0 Å². The molecular formula is C57H37N5. The lowest BCUT2D eigenvalue weighted by Crippen LogP contribution is -2.02. The third-order valence-corrected chi connectivity index (χ3v) is 12.0. The predicted octanol–water partition coefficient (Wildman–Crippen LogP) is 14.4. The van der Waals surface area contributed by atoms with E-state index in [1.807, 2.05) is 0 Å². The summed E-state index contributed by atoms with van der Waals surface area (Å²) in [5.74, 6) is 1.82. The molecule has 0 aliphatic carbocycles. The van der Waals surface area contributed by atoms with Gasteiger partial charge in [0.1, 0.15) is 0 Å². The molecule has 0 unspecified atom stereocenters. The highest BCUT2D eigenvalue weighted by atomic mass is 15.0. The van der Waals surface area contributed by atoms with Crippen molar-refractivity contribution >= 4 is 43.6 Å². The number of hydrogen-bond donors (Lipinski definition) is 0. The molecule has 9 aromatic carbocycles. The molecule has 0 N–H and O–H groups in total. The first-order valence-corrected chi connectivity index (χ1v) is 20.9. The molecule has 5 nitrogen and oxygen atoms in total. The van der Waals surface area contributed by atoms with Gasteiger partial charge in [0.2, 0.25) is 0 Å². The van der Waals surface area contributed by atoms with Gasteiger partial charge in [-0.2, -0.15) is 0 Å². The summed E-state index contributed by atoms with van der Waals surface area (Å²) < 4.78 is 4.67. The van der Waals surface area contributed by atoms with Crippen molar-refractivity contribution in [1.82, 2.24) is 24.1 Å². The Kier molecular flexibility index (Phi) is 8.42. The van der Waals surface area contributed by atoms with Gasteiger partial charge in [-0.15, -0.1) is 0 Å². The summed E-state index contributed by atoms with van der Waals surface area (Å²) in [6.45, 7) is 0. The number of fused-ring (bicyclic) bond motifs is 6. The highest BCUT2D eigenvalue weighted by Gasteiger charge is 2.20. The van der Waals surface area contributed by atoms with Gasteiger partial charge < -0.3 is 9.13 Å². The van der Waals surface area contributed by atoms with E-state index in [1.165, 1.54) is 27.1 Å². The quantitative estimate of drug-likeness (QED) is 0.162. The van der Waals surface area contributed by atoms with Gasteiger partial charge in [-0.3, -0.25) is 0 Å². The second-order valence-corrected chi connectivity index (χ2v) is 15.6. The van der Waals surface area contributed by atoms with Crippen LogP contribution in [0, 0.1) is 0 Å². The van der Waals surface area contributed by atoms with Gasteiger partial charge in [0, 0.05) is 49.6 Å². The smallest absolute Gasteiger partial charge is 0.164 e. The summed E-state index contributed by atoms with van der Waals surface area (Å²) in [5, 5.41) is 4.74. The first-order chi connectivity index (χ1) is 30.7. The summed E-state index contributed by atoms with van der Waals surface area (Å²) in [6, 6.07) is 79.2. The van der Waals surface area contributed by atoms with E-state index in [-0.39, 0.29) is 0 Å². The number of hydrogen-bond acceptors (Lipinski definition) is 3. The van der Waals surface area contributed by atoms with E-state index in [9.17, 15) is 0 Å². The third-order valence-electron chi connectivity index (χ3n) is 12.0. The molecule has 0 amide bonds. The van der Waals surface area contributed by atoms with Gasteiger partial charge in [-0.1, -0.05) is 170 Å². The Balaban J connectivity index is 1.09. The largest absolute Gasteiger partial charge is 0.309 e. The maximum atomic E-state index is 5.35. The zero-order valence-electron chi connectivity index (χ0n) is 33.6. The first-order valence-electron chi connectivity index (χ1n) is 20.9. The minimum atomic E-state index is 0.605. The van der Waals surface area contributed by atoms with E-state index >= 15 is 0 Å². The van der Waals surface area contributed by atoms with Crippen molar-refractivity contribution in [3.05, 3.63) is 224 Å². The van der Waals surface area contributed by atoms with Crippen LogP contribution >= 0.6 is 0 Å². The Labute approximate surface area is 358 Å². The molecule has 0 atom stereocenters. The molecule has 5 heteroatoms. The number of rotatable bonds is 7. The minimum Gasteiger partial charge on any atom is -0.309 e. The van der Waals surface area contributed by atoms with E-state index in [0.29, 0.717) is 17.5 Å². The summed E-state index contributed by atoms with van der Waals surface area (Å²) in [4.78, 5) is 16.1. The average molecular weight is 792 g/mol. The van der Waals surface area contributed by atoms with Crippen LogP contribution in [0.15, 0.2) is 224 Å². The average Bonchev–Trinajstić information content (AvgIpc) is 3.87. The van der Waals surface area contributed by atoms with Crippen LogP contribution in [-0.4, -0.2) is 24.1 Å². The normalized spacial score (nSPS) is 11.5. The number of para-hydroxylation sites is 4. The lowest BCUT2D eigenvalue weighted by Gasteiger charge is -2.14. The van der Waals surface area contributed by atoms with Gasteiger partial charge in [0.15, 0.2) is 17.5 Å². The SMILES string of the molecule is c1ccc(-c2cccc(-c3ccccc3-c3nc(-c4ccc5c6ccccc6n(-c6ccccc6)c5c4)nc(-c4ccc5c6ccccc6n(-c6ccccc6)c5c4)n3)c2)cc1. The van der Waals surface area contributed by atoms with E-state index in [4.69, 9.17) is 15.0 Å². The van der Waals surface area contributed by atoms with E-state index < -0.39 is 0 Å². The van der Waals surface area contributed by atoms with Gasteiger partial charge in [-0.05, 0) is 76.9 Å². The first kappa shape index (κ1) is 35.5. The maximum Gasteiger partial charge on any atom is 0.164 e. The molecule has 0 saturated carbocycles. The molecule has 290 valence electrons. The molecule has 0 saturated heterocycles. The highest BCUT2D eigenvalue weighted by Crippen LogP contribution is 2.39. The number of aromatic nitrogens is 5. The van der Waals surface area contributed by atoms with Crippen LogP contribution in [0.3, 0.4) is 0 Å². The number of nitrogens with zero attached hydrogens (tertiary/aromatic N) is 5. The molecule has 0 spiro atoms. The molecule has 0 aliphatic rings. The predicted molar refractivity (Wildman–Crippen MR) is 256 cm³/mol. The lowest BCUT2D eigenvalue weighted by molar-refractivity contribution is 1.07. The minimum absolute atomic E-state index is 0.605. The summed E-state index contributed by atoms with van der Waals surface area (Å²) in [5.41, 5.74) is 13.9. The van der Waals surface area contributed by atoms with E-state index in [0.717, 1.165) is 66.8 Å². The van der Waals surface area contributed by atoms with Crippen molar-refractivity contribution in [2.24, 2.45) is 0 Å². The summed E-state index contributed by atoms with van der Waals surface area (Å²) in [6.07, 6.45) is 0. The van der Waals surface area contributed by atoms with Crippen molar-refractivity contribution in [3.63, 3.8) is 0 Å². The lowest BCUT2D eigenvalue weighted by atomic mass is 9.95. The monoisotopic (exact) mass is 791 g/mol. The van der Waals surface area contributed by atoms with E-state index in [1.54, 1.807) is 0 Å². The molecule has 3 heterocycles. The second kappa shape index (κ2) is 14.7. The molecule has 0 radical (unpaired) electrons. The van der Waals surface area contributed by atoms with Crippen molar-refractivity contribution in [3.8, 4) is 67.8 Å². The highest BCUT2D eigenvalue weighted by molar-refractivity contribution is 6.11. The summed E-state index contributed by atoms with van der Waals surface area (Å²) in [7, 11) is 0. The van der Waals surface area contributed by atoms with Crippen LogP contribution in [0.2, 0.25) is 0 Å². The molecule has 0 fully saturated rings. The van der Waals surface area contributed by atoms with Gasteiger partial charge in [-0.25, -0.2) is 15.0 Å². The Morgan fingerprint density at radius 1 is 0.242 bits per heavy atom. The fourth-order valence-corrected chi connectivity index (χ4v) is 9.11. The Morgan fingerprint density at radius 3 is 1.23 bits per heavy atom. The number of benzene rings is 9. The van der Waals surface area contributed by atoms with Crippen molar-refractivity contribution < 1.29 is 0 Å². The van der Waals surface area contributed by atoms with Crippen LogP contribution < -0.4 is 0 Å². The molecule has 3 aromatic heterocycles. The fraction of sp³-hybridized carbons (Fsp3) is 0. The standard InChI is InChI=1S/C57H37N5/c1-4-17-38(18-5-1)39-19-16-20-40(35-39)45-25-10-11-28-50(45)57-59-55(41-31-33-48-46-26-12-14-29-51(46)61(53(48)36-41)43-21-6-2-7-22-43)58-56(60-57)42-32-34-49-47-27-13-15-30-52(47)62(54(49)37-42)44-23-8-3-9-24-44/h1-37H. The second-order valence-electron chi connectivity index (χ2n) is 15.6. The Hall–Kier alpha value is -8.41. The molecule has 12 aromatic rings. The Morgan fingerprint density at radius 2 is 0.661 bits per heavy atom. The third kappa shape index (κ3) is 5.98. The molecule has 0 bridgehead atoms.